The molecule has 1 saturated carbocycles. The van der Waals surface area contributed by atoms with Crippen LogP contribution in [0.5, 0.6) is 0 Å². The Morgan fingerprint density at radius 3 is 2.58 bits per heavy atom. The van der Waals surface area contributed by atoms with Crippen molar-refractivity contribution < 1.29 is 14.3 Å². The quantitative estimate of drug-likeness (QED) is 0.882. The number of halogens is 1. The molecule has 1 aliphatic rings. The number of nitrogens with one attached hydrogen (secondary N) is 1. The number of hydrogen-bond acceptors (Lipinski definition) is 3. The lowest BCUT2D eigenvalue weighted by molar-refractivity contribution is 0.0697. The van der Waals surface area contributed by atoms with Gasteiger partial charge in [-0.2, -0.15) is 0 Å². The van der Waals surface area contributed by atoms with Crippen molar-refractivity contribution in [2.75, 3.05) is 5.32 Å². The molecule has 0 aromatic carbocycles. The summed E-state index contributed by atoms with van der Waals surface area (Å²) >= 11 is 0. The molecule has 0 amide bonds. The Morgan fingerprint density at radius 2 is 2.00 bits per heavy atom. The molecule has 0 bridgehead atoms. The lowest BCUT2D eigenvalue weighted by Crippen LogP contribution is -2.31. The van der Waals surface area contributed by atoms with E-state index in [4.69, 9.17) is 5.11 Å². The van der Waals surface area contributed by atoms with Gasteiger partial charge in [0.25, 0.3) is 0 Å². The molecule has 4 nitrogen and oxygen atoms in total. The van der Waals surface area contributed by atoms with E-state index in [9.17, 15) is 9.18 Å². The first-order valence-corrected chi connectivity index (χ1v) is 6.61. The van der Waals surface area contributed by atoms with Crippen molar-refractivity contribution in [3.8, 4) is 0 Å². The molecule has 1 aromatic rings. The highest BCUT2D eigenvalue weighted by Crippen LogP contribution is 2.30. The maximum atomic E-state index is 13.1. The number of aromatic nitrogens is 1. The van der Waals surface area contributed by atoms with Crippen molar-refractivity contribution in [3.63, 3.8) is 0 Å². The van der Waals surface area contributed by atoms with Gasteiger partial charge in [0.2, 0.25) is 0 Å². The van der Waals surface area contributed by atoms with Gasteiger partial charge in [-0.25, -0.2) is 14.2 Å². The maximum absolute atomic E-state index is 13.1. The van der Waals surface area contributed by atoms with E-state index in [1.54, 1.807) is 0 Å². The average molecular weight is 266 g/mol. The van der Waals surface area contributed by atoms with Crippen molar-refractivity contribution in [3.05, 3.63) is 23.6 Å². The summed E-state index contributed by atoms with van der Waals surface area (Å²) in [6.45, 7) is 4.39. The molecule has 1 fully saturated rings. The first-order valence-electron chi connectivity index (χ1n) is 6.61. The van der Waals surface area contributed by atoms with E-state index in [-0.39, 0.29) is 17.4 Å². The molecule has 0 saturated heterocycles. The molecule has 0 aliphatic heterocycles. The number of carbonyl (C=O) groups is 1. The van der Waals surface area contributed by atoms with E-state index < -0.39 is 11.8 Å². The number of nitrogens with zero attached hydrogens (tertiary/aromatic N) is 1. The molecule has 1 heterocycles. The fraction of sp³-hybridized carbons (Fsp3) is 0.571. The normalized spacial score (nSPS) is 27.0. The third-order valence-corrected chi connectivity index (χ3v) is 3.60. The largest absolute Gasteiger partial charge is 0.478 e. The highest BCUT2D eigenvalue weighted by atomic mass is 19.1. The van der Waals surface area contributed by atoms with E-state index in [1.165, 1.54) is 6.42 Å². The standard InChI is InChI=1S/C14H19FN2O2/c1-8-3-9(2)5-11(4-8)17-13-12(14(18)19)6-10(15)7-16-13/h6-9,11H,3-5H2,1-2H3,(H,16,17)(H,18,19). The molecule has 19 heavy (non-hydrogen) atoms. The predicted molar refractivity (Wildman–Crippen MR) is 70.7 cm³/mol. The summed E-state index contributed by atoms with van der Waals surface area (Å²) in [6.07, 6.45) is 4.22. The first-order chi connectivity index (χ1) is 8.95. The van der Waals surface area contributed by atoms with Gasteiger partial charge < -0.3 is 10.4 Å². The number of anilines is 1. The van der Waals surface area contributed by atoms with Gasteiger partial charge >= 0.3 is 5.97 Å². The topological polar surface area (TPSA) is 62.2 Å². The summed E-state index contributed by atoms with van der Waals surface area (Å²) in [5.41, 5.74) is -0.106. The SMILES string of the molecule is CC1CC(C)CC(Nc2ncc(F)cc2C(=O)O)C1. The van der Waals surface area contributed by atoms with Gasteiger partial charge in [-0.3, -0.25) is 0 Å². The van der Waals surface area contributed by atoms with Crippen LogP contribution in [-0.4, -0.2) is 22.1 Å². The number of aromatic carboxylic acids is 1. The van der Waals surface area contributed by atoms with E-state index >= 15 is 0 Å². The fourth-order valence-corrected chi connectivity index (χ4v) is 2.98. The zero-order valence-corrected chi connectivity index (χ0v) is 11.2. The lowest BCUT2D eigenvalue weighted by Gasteiger charge is -2.32. The number of hydrogen-bond donors (Lipinski definition) is 2. The molecule has 5 heteroatoms. The molecular formula is C14H19FN2O2. The summed E-state index contributed by atoms with van der Waals surface area (Å²) in [7, 11) is 0. The molecule has 1 aliphatic carbocycles. The average Bonchev–Trinajstić information content (AvgIpc) is 2.30. The lowest BCUT2D eigenvalue weighted by atomic mass is 9.80. The van der Waals surface area contributed by atoms with Gasteiger partial charge in [0.05, 0.1) is 6.20 Å². The first kappa shape index (κ1) is 13.8. The van der Waals surface area contributed by atoms with Crippen molar-refractivity contribution in [1.82, 2.24) is 4.98 Å². The summed E-state index contributed by atoms with van der Waals surface area (Å²) in [5.74, 6) is -0.315. The Labute approximate surface area is 112 Å². The Balaban J connectivity index is 2.16. The van der Waals surface area contributed by atoms with Gasteiger partial charge in [0.15, 0.2) is 0 Å². The zero-order valence-electron chi connectivity index (χ0n) is 11.2. The Morgan fingerprint density at radius 1 is 1.37 bits per heavy atom. The van der Waals surface area contributed by atoms with Crippen LogP contribution in [0, 0.1) is 17.7 Å². The van der Waals surface area contributed by atoms with Crippen LogP contribution >= 0.6 is 0 Å². The van der Waals surface area contributed by atoms with Gasteiger partial charge in [-0.05, 0) is 37.2 Å². The fourth-order valence-electron chi connectivity index (χ4n) is 2.98. The molecule has 0 spiro atoms. The number of carboxylic acids is 1. The maximum Gasteiger partial charge on any atom is 0.339 e. The van der Waals surface area contributed by atoms with Gasteiger partial charge in [0.1, 0.15) is 17.2 Å². The smallest absolute Gasteiger partial charge is 0.339 e. The molecular weight excluding hydrogens is 247 g/mol. The van der Waals surface area contributed by atoms with Crippen molar-refractivity contribution in [1.29, 1.82) is 0 Å². The third-order valence-electron chi connectivity index (χ3n) is 3.60. The highest BCUT2D eigenvalue weighted by molar-refractivity contribution is 5.93. The van der Waals surface area contributed by atoms with Gasteiger partial charge in [-0.1, -0.05) is 13.8 Å². The van der Waals surface area contributed by atoms with E-state index in [0.717, 1.165) is 25.1 Å². The van der Waals surface area contributed by atoms with Crippen molar-refractivity contribution in [2.24, 2.45) is 11.8 Å². The Bertz CT molecular complexity index is 469. The molecule has 2 atom stereocenters. The monoisotopic (exact) mass is 266 g/mol. The van der Waals surface area contributed by atoms with Crippen molar-refractivity contribution in [2.45, 2.75) is 39.2 Å². The molecule has 2 unspecified atom stereocenters. The van der Waals surface area contributed by atoms with Crippen LogP contribution in [0.3, 0.4) is 0 Å². The van der Waals surface area contributed by atoms with E-state index in [0.29, 0.717) is 11.8 Å². The third kappa shape index (κ3) is 3.43. The van der Waals surface area contributed by atoms with Crippen LogP contribution in [0.15, 0.2) is 12.3 Å². The molecule has 2 N–H and O–H groups in total. The second-order valence-electron chi connectivity index (χ2n) is 5.61. The van der Waals surface area contributed by atoms with Gasteiger partial charge in [-0.15, -0.1) is 0 Å². The summed E-state index contributed by atoms with van der Waals surface area (Å²) in [5, 5.41) is 12.2. The minimum atomic E-state index is -1.16. The van der Waals surface area contributed by atoms with Gasteiger partial charge in [0, 0.05) is 6.04 Å². The van der Waals surface area contributed by atoms with Crippen LogP contribution in [0.2, 0.25) is 0 Å². The van der Waals surface area contributed by atoms with E-state index in [1.807, 2.05) is 0 Å². The number of rotatable bonds is 3. The van der Waals surface area contributed by atoms with Crippen LogP contribution in [0.1, 0.15) is 43.5 Å². The predicted octanol–water partition coefficient (Wildman–Crippen LogP) is 3.16. The number of carboxylic acid groups (broad SMARTS) is 1. The van der Waals surface area contributed by atoms with Crippen molar-refractivity contribution >= 4 is 11.8 Å². The Hall–Kier alpha value is -1.65. The molecule has 0 radical (unpaired) electrons. The van der Waals surface area contributed by atoms with E-state index in [2.05, 4.69) is 24.1 Å². The zero-order chi connectivity index (χ0) is 14.0. The van der Waals surface area contributed by atoms with Crippen LogP contribution in [-0.2, 0) is 0 Å². The van der Waals surface area contributed by atoms with Crippen LogP contribution < -0.4 is 5.32 Å². The molecule has 104 valence electrons. The summed E-state index contributed by atoms with van der Waals surface area (Å²) < 4.78 is 13.1. The second kappa shape index (κ2) is 5.55. The molecule has 2 rings (SSSR count). The van der Waals surface area contributed by atoms with Crippen LogP contribution in [0.4, 0.5) is 10.2 Å². The van der Waals surface area contributed by atoms with Crippen LogP contribution in [0.25, 0.3) is 0 Å². The highest BCUT2D eigenvalue weighted by Gasteiger charge is 2.25. The minimum Gasteiger partial charge on any atom is -0.478 e. The Kier molecular flexibility index (Phi) is 4.02. The number of pyridine rings is 1. The summed E-state index contributed by atoms with van der Waals surface area (Å²) in [6, 6.07) is 1.21. The summed E-state index contributed by atoms with van der Waals surface area (Å²) in [4.78, 5) is 15.0. The molecule has 1 aromatic heterocycles. The second-order valence-corrected chi connectivity index (χ2v) is 5.61. The minimum absolute atomic E-state index is 0.106.